The van der Waals surface area contributed by atoms with E-state index >= 15 is 0 Å². The van der Waals surface area contributed by atoms with Gasteiger partial charge in [0.25, 0.3) is 0 Å². The van der Waals surface area contributed by atoms with Gasteiger partial charge in [-0.3, -0.25) is 4.79 Å². The molecule has 0 aromatic heterocycles. The third kappa shape index (κ3) is 7.42. The number of nitrogens with one attached hydrogen (secondary N) is 2. The fourth-order valence-corrected chi connectivity index (χ4v) is 2.04. The molecule has 0 saturated heterocycles. The average molecular weight is 276 g/mol. The van der Waals surface area contributed by atoms with Crippen molar-refractivity contribution in [1.29, 1.82) is 0 Å². The minimum atomic E-state index is -0.874. The Morgan fingerprint density at radius 2 is 1.89 bits per heavy atom. The van der Waals surface area contributed by atoms with Crippen molar-refractivity contribution < 1.29 is 14.7 Å². The number of urea groups is 1. The first-order valence-corrected chi connectivity index (χ1v) is 7.54. The van der Waals surface area contributed by atoms with Gasteiger partial charge in [-0.1, -0.05) is 13.8 Å². The van der Waals surface area contributed by atoms with Gasteiger partial charge in [0.2, 0.25) is 0 Å². The van der Waals surface area contributed by atoms with Crippen LogP contribution in [0.5, 0.6) is 0 Å². The summed E-state index contributed by atoms with van der Waals surface area (Å²) in [6, 6.07) is -0.199. The molecule has 0 aliphatic heterocycles. The molecule has 2 unspecified atom stereocenters. The number of carbonyl (C=O) groups excluding carboxylic acids is 1. The molecule has 106 valence electrons. The van der Waals surface area contributed by atoms with Gasteiger partial charge in [0.05, 0.1) is 5.92 Å². The number of hydrogen-bond acceptors (Lipinski definition) is 3. The monoisotopic (exact) mass is 276 g/mol. The van der Waals surface area contributed by atoms with Crippen LogP contribution in [-0.2, 0) is 4.79 Å². The second-order valence-electron chi connectivity index (χ2n) is 4.73. The number of rotatable bonds is 8. The van der Waals surface area contributed by atoms with Gasteiger partial charge in [-0.25, -0.2) is 4.79 Å². The molecule has 0 radical (unpaired) electrons. The van der Waals surface area contributed by atoms with Crippen LogP contribution in [0.2, 0.25) is 0 Å². The summed E-state index contributed by atoms with van der Waals surface area (Å²) in [5, 5.41) is 14.4. The lowest BCUT2D eigenvalue weighted by atomic mass is 9.96. The molecule has 6 heteroatoms. The maximum absolute atomic E-state index is 11.5. The molecule has 5 nitrogen and oxygen atoms in total. The van der Waals surface area contributed by atoms with Gasteiger partial charge in [0.15, 0.2) is 0 Å². The van der Waals surface area contributed by atoms with Crippen molar-refractivity contribution >= 4 is 23.8 Å². The van der Waals surface area contributed by atoms with Crippen LogP contribution in [0.25, 0.3) is 0 Å². The van der Waals surface area contributed by atoms with Crippen LogP contribution in [0, 0.1) is 11.8 Å². The lowest BCUT2D eigenvalue weighted by molar-refractivity contribution is -0.142. The van der Waals surface area contributed by atoms with E-state index in [0.29, 0.717) is 0 Å². The molecule has 0 aromatic carbocycles. The third-order valence-corrected chi connectivity index (χ3v) is 3.38. The van der Waals surface area contributed by atoms with Crippen molar-refractivity contribution in [1.82, 2.24) is 10.6 Å². The molecule has 0 heterocycles. The minimum absolute atomic E-state index is 0.00304. The van der Waals surface area contributed by atoms with Gasteiger partial charge in [0, 0.05) is 12.6 Å². The van der Waals surface area contributed by atoms with Gasteiger partial charge in [-0.05, 0) is 31.3 Å². The number of carboxylic acid groups (broad SMARTS) is 1. The SMILES string of the molecule is CSCCC(C)NC(=O)NCC(C(=O)O)C(C)C. The first-order valence-electron chi connectivity index (χ1n) is 6.14. The summed E-state index contributed by atoms with van der Waals surface area (Å²) >= 11 is 1.73. The summed E-state index contributed by atoms with van der Waals surface area (Å²) in [4.78, 5) is 22.5. The molecule has 3 N–H and O–H groups in total. The second-order valence-corrected chi connectivity index (χ2v) is 5.71. The van der Waals surface area contributed by atoms with Crippen LogP contribution in [0.1, 0.15) is 27.2 Å². The highest BCUT2D eigenvalue weighted by molar-refractivity contribution is 7.98. The largest absolute Gasteiger partial charge is 0.481 e. The normalized spacial score (nSPS) is 14.1. The van der Waals surface area contributed by atoms with Crippen LogP contribution in [0.3, 0.4) is 0 Å². The molecule has 0 spiro atoms. The fourth-order valence-electron chi connectivity index (χ4n) is 1.45. The van der Waals surface area contributed by atoms with Crippen molar-refractivity contribution in [2.24, 2.45) is 11.8 Å². The molecule has 2 atom stereocenters. The highest BCUT2D eigenvalue weighted by atomic mass is 32.2. The Balaban J connectivity index is 3.98. The van der Waals surface area contributed by atoms with E-state index in [0.717, 1.165) is 12.2 Å². The van der Waals surface area contributed by atoms with E-state index in [4.69, 9.17) is 5.11 Å². The zero-order valence-electron chi connectivity index (χ0n) is 11.5. The van der Waals surface area contributed by atoms with E-state index in [1.165, 1.54) is 0 Å². The van der Waals surface area contributed by atoms with Crippen LogP contribution in [0.4, 0.5) is 4.79 Å². The lowest BCUT2D eigenvalue weighted by Crippen LogP contribution is -2.44. The van der Waals surface area contributed by atoms with E-state index in [9.17, 15) is 9.59 Å². The summed E-state index contributed by atoms with van der Waals surface area (Å²) in [5.41, 5.74) is 0. The fraction of sp³-hybridized carbons (Fsp3) is 0.833. The Labute approximate surface area is 113 Å². The van der Waals surface area contributed by atoms with Crippen LogP contribution in [-0.4, -0.2) is 41.7 Å². The van der Waals surface area contributed by atoms with Crippen LogP contribution < -0.4 is 10.6 Å². The molecule has 0 aromatic rings. The molecular formula is C12H24N2O3S. The Bertz CT molecular complexity index is 272. The standard InChI is InChI=1S/C12H24N2O3S/c1-8(2)10(11(15)16)7-13-12(17)14-9(3)5-6-18-4/h8-10H,5-7H2,1-4H3,(H,15,16)(H2,13,14,17). The van der Waals surface area contributed by atoms with E-state index in [1.807, 2.05) is 27.0 Å². The van der Waals surface area contributed by atoms with Gasteiger partial charge in [-0.2, -0.15) is 11.8 Å². The molecular weight excluding hydrogens is 252 g/mol. The summed E-state index contributed by atoms with van der Waals surface area (Å²) in [5.74, 6) is -0.430. The molecule has 18 heavy (non-hydrogen) atoms. The van der Waals surface area contributed by atoms with Crippen molar-refractivity contribution in [3.8, 4) is 0 Å². The van der Waals surface area contributed by atoms with E-state index in [-0.39, 0.29) is 24.5 Å². The number of carboxylic acids is 1. The zero-order chi connectivity index (χ0) is 14.1. The van der Waals surface area contributed by atoms with E-state index < -0.39 is 11.9 Å². The molecule has 0 bridgehead atoms. The Hall–Kier alpha value is -0.910. The predicted molar refractivity (Wildman–Crippen MR) is 75.0 cm³/mol. The first kappa shape index (κ1) is 17.1. The maximum atomic E-state index is 11.5. The number of carbonyl (C=O) groups is 2. The van der Waals surface area contributed by atoms with E-state index in [2.05, 4.69) is 10.6 Å². The van der Waals surface area contributed by atoms with Gasteiger partial charge in [-0.15, -0.1) is 0 Å². The molecule has 2 amide bonds. The molecule has 0 aliphatic rings. The lowest BCUT2D eigenvalue weighted by Gasteiger charge is -2.18. The Kier molecular flexibility index (Phi) is 8.62. The van der Waals surface area contributed by atoms with Crippen molar-refractivity contribution in [2.75, 3.05) is 18.6 Å². The Morgan fingerprint density at radius 1 is 1.28 bits per heavy atom. The smallest absolute Gasteiger partial charge is 0.315 e. The van der Waals surface area contributed by atoms with Gasteiger partial charge in [0.1, 0.15) is 0 Å². The average Bonchev–Trinajstić information content (AvgIpc) is 2.25. The number of hydrogen-bond donors (Lipinski definition) is 3. The first-order chi connectivity index (χ1) is 8.38. The van der Waals surface area contributed by atoms with Crippen LogP contribution in [0.15, 0.2) is 0 Å². The zero-order valence-corrected chi connectivity index (χ0v) is 12.3. The summed E-state index contributed by atoms with van der Waals surface area (Å²) in [6.45, 7) is 5.76. The topological polar surface area (TPSA) is 78.4 Å². The maximum Gasteiger partial charge on any atom is 0.315 e. The molecule has 0 saturated carbocycles. The predicted octanol–water partition coefficient (Wildman–Crippen LogP) is 1.78. The molecule has 0 rings (SSSR count). The van der Waals surface area contributed by atoms with Crippen molar-refractivity contribution in [2.45, 2.75) is 33.2 Å². The summed E-state index contributed by atoms with van der Waals surface area (Å²) < 4.78 is 0. The van der Waals surface area contributed by atoms with Gasteiger partial charge >= 0.3 is 12.0 Å². The second kappa shape index (κ2) is 9.08. The highest BCUT2D eigenvalue weighted by Gasteiger charge is 2.22. The number of thioether (sulfide) groups is 1. The van der Waals surface area contributed by atoms with Crippen LogP contribution >= 0.6 is 11.8 Å². The summed E-state index contributed by atoms with van der Waals surface area (Å²) in [7, 11) is 0. The van der Waals surface area contributed by atoms with Gasteiger partial charge < -0.3 is 15.7 Å². The summed E-state index contributed by atoms with van der Waals surface area (Å²) in [6.07, 6.45) is 2.92. The quantitative estimate of drug-likeness (QED) is 0.631. The Morgan fingerprint density at radius 3 is 2.33 bits per heavy atom. The minimum Gasteiger partial charge on any atom is -0.481 e. The highest BCUT2D eigenvalue weighted by Crippen LogP contribution is 2.09. The molecule has 0 aliphatic carbocycles. The van der Waals surface area contributed by atoms with Crippen molar-refractivity contribution in [3.63, 3.8) is 0 Å². The number of amides is 2. The van der Waals surface area contributed by atoms with Crippen molar-refractivity contribution in [3.05, 3.63) is 0 Å². The number of aliphatic carboxylic acids is 1. The van der Waals surface area contributed by atoms with E-state index in [1.54, 1.807) is 11.8 Å². The third-order valence-electron chi connectivity index (χ3n) is 2.74. The molecule has 0 fully saturated rings.